The minimum Gasteiger partial charge on any atom is -0.481 e. The Labute approximate surface area is 381 Å². The molecule has 4 aromatic carbocycles. The fraction of sp³-hybridized carbons (Fsp3) is 0.314. The molecular weight excluding hydrogens is 847 g/mol. The molecular formula is C51H51N3O6S3. The molecule has 1 amide bonds. The largest absolute Gasteiger partial charge is 0.481 e. The third-order valence-electron chi connectivity index (χ3n) is 13.2. The Morgan fingerprint density at radius 1 is 0.857 bits per heavy atom. The SMILES string of the molecule is CCC(C)(CN1C(=O)/C(=c2\s/c(=C\c3ccc4c(c3)C3CCCC3N4c3ccc(C=C(c4ccccc4)c4ccccc4)cc3)c(=O)n2CC(=O)O)SC1=S)CC(C)(CC)C(=O)O. The van der Waals surface area contributed by atoms with Gasteiger partial charge < -0.3 is 15.1 Å². The van der Waals surface area contributed by atoms with Crippen LogP contribution in [0, 0.1) is 10.8 Å². The first-order valence-electron chi connectivity index (χ1n) is 21.5. The van der Waals surface area contributed by atoms with Crippen LogP contribution in [0.5, 0.6) is 0 Å². The lowest BCUT2D eigenvalue weighted by molar-refractivity contribution is -0.150. The standard InChI is InChI=1S/C51H51N3O6S3/c1-5-50(3,30-51(4,6-2)48(59)60)31-53-46(58)44(63-49(53)61)47-52(29-43(55)56)45(57)42(62-47)28-33-22-25-41-39(27-33)37-18-13-19-40(37)54(41)36-23-20-32(21-24-36)26-38(34-14-9-7-10-15-34)35-16-11-8-12-17-35/h7-12,14-17,20-28,37,40H,5-6,13,18-19,29-31H2,1-4H3,(H,55,56)(H,59,60)/b42-28-,47-44+. The number of fused-ring (bicyclic) bond motifs is 3. The second kappa shape index (κ2) is 17.9. The lowest BCUT2D eigenvalue weighted by Crippen LogP contribution is -2.43. The van der Waals surface area contributed by atoms with E-state index in [-0.39, 0.29) is 16.1 Å². The molecule has 1 saturated heterocycles. The molecule has 4 atom stereocenters. The first kappa shape index (κ1) is 44.1. The van der Waals surface area contributed by atoms with Gasteiger partial charge in [-0.15, -0.1) is 11.3 Å². The fourth-order valence-electron chi connectivity index (χ4n) is 9.52. The molecule has 0 bridgehead atoms. The van der Waals surface area contributed by atoms with Crippen LogP contribution in [0.1, 0.15) is 100.0 Å². The number of carboxylic acid groups (broad SMARTS) is 2. The predicted octanol–water partition coefficient (Wildman–Crippen LogP) is 9.48. The molecule has 12 heteroatoms. The first-order valence-corrected chi connectivity index (χ1v) is 23.6. The number of aliphatic carboxylic acids is 2. The zero-order valence-corrected chi connectivity index (χ0v) is 38.3. The minimum absolute atomic E-state index is 0.201. The summed E-state index contributed by atoms with van der Waals surface area (Å²) in [5.41, 5.74) is 6.87. The van der Waals surface area contributed by atoms with Gasteiger partial charge in [0.2, 0.25) is 0 Å². The third-order valence-corrected chi connectivity index (χ3v) is 15.9. The zero-order chi connectivity index (χ0) is 44.6. The van der Waals surface area contributed by atoms with Crippen molar-refractivity contribution < 1.29 is 24.6 Å². The van der Waals surface area contributed by atoms with Crippen LogP contribution >= 0.6 is 35.3 Å². The molecule has 9 nitrogen and oxygen atoms in total. The van der Waals surface area contributed by atoms with Crippen molar-refractivity contribution in [3.05, 3.63) is 150 Å². The third kappa shape index (κ3) is 8.73. The average molecular weight is 898 g/mol. The molecule has 3 aliphatic rings. The Morgan fingerprint density at radius 2 is 1.51 bits per heavy atom. The molecule has 2 N–H and O–H groups in total. The Balaban J connectivity index is 1.11. The van der Waals surface area contributed by atoms with Gasteiger partial charge in [-0.1, -0.05) is 130 Å². The van der Waals surface area contributed by atoms with Gasteiger partial charge in [-0.2, -0.15) is 0 Å². The Kier molecular flexibility index (Phi) is 12.5. The van der Waals surface area contributed by atoms with Crippen molar-refractivity contribution in [2.45, 2.75) is 84.7 Å². The Bertz CT molecular complexity index is 2780. The van der Waals surface area contributed by atoms with E-state index in [0.29, 0.717) is 40.1 Å². The molecule has 0 radical (unpaired) electrons. The molecule has 324 valence electrons. The van der Waals surface area contributed by atoms with Gasteiger partial charge in [0.25, 0.3) is 11.5 Å². The van der Waals surface area contributed by atoms with Gasteiger partial charge in [-0.3, -0.25) is 28.6 Å². The lowest BCUT2D eigenvalue weighted by atomic mass is 9.70. The van der Waals surface area contributed by atoms with Crippen LogP contribution in [0.25, 0.3) is 22.6 Å². The number of carboxylic acids is 2. The summed E-state index contributed by atoms with van der Waals surface area (Å²) in [6, 6.07) is 36.3. The van der Waals surface area contributed by atoms with E-state index < -0.39 is 40.8 Å². The van der Waals surface area contributed by atoms with Crippen LogP contribution in [0.4, 0.5) is 11.4 Å². The minimum atomic E-state index is -1.20. The smallest absolute Gasteiger partial charge is 0.323 e. The number of thioether (sulfide) groups is 1. The van der Waals surface area contributed by atoms with Crippen LogP contribution < -0.4 is 19.7 Å². The number of aromatic nitrogens is 1. The van der Waals surface area contributed by atoms with Crippen molar-refractivity contribution in [2.75, 3.05) is 11.4 Å². The van der Waals surface area contributed by atoms with Crippen LogP contribution in [0.2, 0.25) is 0 Å². The van der Waals surface area contributed by atoms with E-state index in [2.05, 4.69) is 95.9 Å². The molecule has 8 rings (SSSR count). The maximum Gasteiger partial charge on any atom is 0.323 e. The van der Waals surface area contributed by atoms with E-state index >= 15 is 0 Å². The van der Waals surface area contributed by atoms with Crippen molar-refractivity contribution in [3.8, 4) is 0 Å². The Morgan fingerprint density at radius 3 is 2.11 bits per heavy atom. The molecule has 1 saturated carbocycles. The maximum absolute atomic E-state index is 14.2. The number of thiazole rings is 1. The number of thiocarbonyl (C=S) groups is 1. The number of anilines is 2. The van der Waals surface area contributed by atoms with E-state index in [9.17, 15) is 29.4 Å². The van der Waals surface area contributed by atoms with Gasteiger partial charge in [0.1, 0.15) is 20.4 Å². The van der Waals surface area contributed by atoms with E-state index in [0.717, 1.165) is 86.1 Å². The number of hydrogen-bond acceptors (Lipinski definition) is 8. The maximum atomic E-state index is 14.2. The van der Waals surface area contributed by atoms with E-state index in [1.165, 1.54) is 10.5 Å². The second-order valence-corrected chi connectivity index (χ2v) is 20.2. The lowest BCUT2D eigenvalue weighted by Gasteiger charge is -2.38. The molecule has 2 fully saturated rings. The summed E-state index contributed by atoms with van der Waals surface area (Å²) < 4.78 is 2.02. The molecule has 5 aromatic rings. The van der Waals surface area contributed by atoms with Crippen molar-refractivity contribution in [1.29, 1.82) is 0 Å². The number of carbonyl (C=O) groups excluding carboxylic acids is 1. The summed E-state index contributed by atoms with van der Waals surface area (Å²) >= 11 is 7.86. The zero-order valence-electron chi connectivity index (χ0n) is 35.9. The summed E-state index contributed by atoms with van der Waals surface area (Å²) in [6.07, 6.45) is 8.66. The summed E-state index contributed by atoms with van der Waals surface area (Å²) in [5.74, 6) is -2.17. The van der Waals surface area contributed by atoms with Gasteiger partial charge in [-0.25, -0.2) is 0 Å². The number of amides is 1. The van der Waals surface area contributed by atoms with E-state index in [1.807, 2.05) is 39.0 Å². The quantitative estimate of drug-likeness (QED) is 0.0830. The summed E-state index contributed by atoms with van der Waals surface area (Å²) in [6.45, 7) is 7.10. The number of benzene rings is 4. The van der Waals surface area contributed by atoms with Crippen LogP contribution in [0.3, 0.4) is 0 Å². The molecule has 1 aromatic heterocycles. The normalized spacial score (nSPS) is 20.0. The van der Waals surface area contributed by atoms with Gasteiger partial charge in [0.15, 0.2) is 0 Å². The van der Waals surface area contributed by atoms with Gasteiger partial charge >= 0.3 is 11.9 Å². The van der Waals surface area contributed by atoms with Gasteiger partial charge in [0, 0.05) is 29.9 Å². The highest BCUT2D eigenvalue weighted by molar-refractivity contribution is 8.30. The highest BCUT2D eigenvalue weighted by Gasteiger charge is 2.44. The highest BCUT2D eigenvalue weighted by atomic mass is 32.2. The number of hydrogen-bond donors (Lipinski definition) is 2. The molecule has 4 unspecified atom stereocenters. The van der Waals surface area contributed by atoms with Crippen LogP contribution in [-0.2, 0) is 20.9 Å². The second-order valence-electron chi connectivity index (χ2n) is 17.5. The number of nitrogens with zero attached hydrogens (tertiary/aromatic N) is 3. The summed E-state index contributed by atoms with van der Waals surface area (Å²) in [5, 5.41) is 19.9. The molecule has 1 aliphatic carbocycles. The fourth-order valence-corrected chi connectivity index (χ4v) is 12.0. The molecule has 63 heavy (non-hydrogen) atoms. The predicted molar refractivity (Wildman–Crippen MR) is 259 cm³/mol. The van der Waals surface area contributed by atoms with Crippen molar-refractivity contribution in [2.24, 2.45) is 10.8 Å². The average Bonchev–Trinajstić information content (AvgIpc) is 4.03. The first-order chi connectivity index (χ1) is 30.2. The van der Waals surface area contributed by atoms with Gasteiger partial charge in [0.05, 0.1) is 9.95 Å². The number of rotatable bonds is 14. The summed E-state index contributed by atoms with van der Waals surface area (Å²) in [7, 11) is 0. The van der Waals surface area contributed by atoms with Crippen molar-refractivity contribution >= 4 is 91.5 Å². The van der Waals surface area contributed by atoms with Crippen LogP contribution in [0.15, 0.2) is 108 Å². The highest BCUT2D eigenvalue weighted by Crippen LogP contribution is 2.52. The van der Waals surface area contributed by atoms with Gasteiger partial charge in [-0.05, 0) is 114 Å². The summed E-state index contributed by atoms with van der Waals surface area (Å²) in [4.78, 5) is 56.7. The molecule has 2 aliphatic heterocycles. The molecule has 3 heterocycles. The monoisotopic (exact) mass is 897 g/mol. The van der Waals surface area contributed by atoms with Crippen LogP contribution in [-0.4, -0.2) is 54.4 Å². The van der Waals surface area contributed by atoms with Crippen molar-refractivity contribution in [1.82, 2.24) is 9.47 Å². The number of carbonyl (C=O) groups is 3. The van der Waals surface area contributed by atoms with Crippen molar-refractivity contribution in [3.63, 3.8) is 0 Å². The van der Waals surface area contributed by atoms with E-state index in [1.54, 1.807) is 13.0 Å². The molecule has 0 spiro atoms. The van der Waals surface area contributed by atoms with E-state index in [4.69, 9.17) is 12.2 Å². The Hall–Kier alpha value is -5.56. The topological polar surface area (TPSA) is 120 Å².